The van der Waals surface area contributed by atoms with Crippen molar-refractivity contribution in [2.75, 3.05) is 11.0 Å². The van der Waals surface area contributed by atoms with Gasteiger partial charge in [0.05, 0.1) is 10.6 Å². The van der Waals surface area contributed by atoms with Gasteiger partial charge in [0.25, 0.3) is 10.0 Å². The van der Waals surface area contributed by atoms with Crippen molar-refractivity contribution in [3.05, 3.63) is 52.5 Å². The summed E-state index contributed by atoms with van der Waals surface area (Å²) in [5.74, 6) is -2.04. The van der Waals surface area contributed by atoms with E-state index in [1.807, 2.05) is 4.72 Å². The van der Waals surface area contributed by atoms with Crippen molar-refractivity contribution in [1.82, 2.24) is 0 Å². The van der Waals surface area contributed by atoms with Gasteiger partial charge < -0.3 is 0 Å². The number of rotatable bonds is 4. The van der Waals surface area contributed by atoms with E-state index in [2.05, 4.69) is 15.9 Å². The van der Waals surface area contributed by atoms with Gasteiger partial charge in [-0.15, -0.1) is 0 Å². The summed E-state index contributed by atoms with van der Waals surface area (Å²) in [6, 6.07) is 6.28. The second-order valence-electron chi connectivity index (χ2n) is 4.57. The minimum absolute atomic E-state index is 0.157. The zero-order valence-corrected chi connectivity index (χ0v) is 14.8. The molecule has 0 aliphatic heterocycles. The Kier molecular flexibility index (Phi) is 4.79. The summed E-state index contributed by atoms with van der Waals surface area (Å²) in [7, 11) is -8.23. The first-order chi connectivity index (χ1) is 10.5. The molecule has 0 saturated heterocycles. The quantitative estimate of drug-likeness (QED) is 0.816. The highest BCUT2D eigenvalue weighted by Gasteiger charge is 2.25. The highest BCUT2D eigenvalue weighted by molar-refractivity contribution is 9.10. The van der Waals surface area contributed by atoms with Gasteiger partial charge in [0.15, 0.2) is 15.7 Å². The lowest BCUT2D eigenvalue weighted by molar-refractivity contribution is 0.580. The Morgan fingerprint density at radius 1 is 1.00 bits per heavy atom. The minimum Gasteiger partial charge on any atom is -0.275 e. The number of anilines is 1. The SMILES string of the molecule is CS(=O)(=O)c1ccccc1S(=O)(=O)Nc1c(F)cc(F)cc1Br. The molecule has 0 aliphatic rings. The highest BCUT2D eigenvalue weighted by atomic mass is 79.9. The van der Waals surface area contributed by atoms with E-state index in [1.165, 1.54) is 12.1 Å². The molecule has 0 saturated carbocycles. The second-order valence-corrected chi connectivity index (χ2v) is 9.06. The van der Waals surface area contributed by atoms with Crippen LogP contribution in [0.1, 0.15) is 0 Å². The molecular weight excluding hydrogens is 416 g/mol. The summed E-state index contributed by atoms with van der Waals surface area (Å²) >= 11 is 2.86. The van der Waals surface area contributed by atoms with Crippen LogP contribution < -0.4 is 4.72 Å². The molecule has 0 unspecified atom stereocenters. The van der Waals surface area contributed by atoms with Gasteiger partial charge in [0.2, 0.25) is 0 Å². The largest absolute Gasteiger partial charge is 0.275 e. The number of hydrogen-bond acceptors (Lipinski definition) is 4. The maximum atomic E-state index is 13.8. The third-order valence-corrected chi connectivity index (χ3v) is 6.10. The summed E-state index contributed by atoms with van der Waals surface area (Å²) in [5.41, 5.74) is -0.519. The van der Waals surface area contributed by atoms with Crippen molar-refractivity contribution in [2.24, 2.45) is 0 Å². The van der Waals surface area contributed by atoms with Crippen molar-refractivity contribution >= 4 is 41.5 Å². The molecule has 0 amide bonds. The van der Waals surface area contributed by atoms with Crippen LogP contribution in [0.4, 0.5) is 14.5 Å². The fraction of sp³-hybridized carbons (Fsp3) is 0.0769. The van der Waals surface area contributed by atoms with Crippen LogP contribution in [0, 0.1) is 11.6 Å². The summed E-state index contributed by atoms with van der Waals surface area (Å²) in [5, 5.41) is 0. The molecule has 0 aromatic heterocycles. The zero-order valence-electron chi connectivity index (χ0n) is 11.5. The number of halogens is 3. The van der Waals surface area contributed by atoms with Gasteiger partial charge in [-0.1, -0.05) is 12.1 Å². The molecule has 5 nitrogen and oxygen atoms in total. The number of benzene rings is 2. The van der Waals surface area contributed by atoms with Crippen LogP contribution in [0.5, 0.6) is 0 Å². The third kappa shape index (κ3) is 3.88. The number of sulfone groups is 1. The topological polar surface area (TPSA) is 80.3 Å². The molecule has 0 fully saturated rings. The first-order valence-corrected chi connectivity index (χ1v) is 10.2. The lowest BCUT2D eigenvalue weighted by atomic mass is 10.3. The third-order valence-electron chi connectivity index (χ3n) is 2.78. The van der Waals surface area contributed by atoms with E-state index in [0.717, 1.165) is 24.5 Å². The Morgan fingerprint density at radius 2 is 1.57 bits per heavy atom. The molecule has 124 valence electrons. The Labute approximate surface area is 140 Å². The second kappa shape index (κ2) is 6.17. The van der Waals surface area contributed by atoms with Crippen LogP contribution in [-0.4, -0.2) is 23.1 Å². The van der Waals surface area contributed by atoms with Gasteiger partial charge in [-0.2, -0.15) is 0 Å². The molecule has 0 heterocycles. The Hall–Kier alpha value is -1.52. The Balaban J connectivity index is 2.59. The molecule has 2 aromatic carbocycles. The predicted octanol–water partition coefficient (Wildman–Crippen LogP) is 2.93. The first-order valence-electron chi connectivity index (χ1n) is 5.99. The highest BCUT2D eigenvalue weighted by Crippen LogP contribution is 2.30. The lowest BCUT2D eigenvalue weighted by Gasteiger charge is -2.13. The fourth-order valence-electron chi connectivity index (χ4n) is 1.81. The van der Waals surface area contributed by atoms with Crippen LogP contribution in [0.25, 0.3) is 0 Å². The van der Waals surface area contributed by atoms with E-state index in [9.17, 15) is 25.6 Å². The normalized spacial score (nSPS) is 12.2. The molecule has 2 aromatic rings. The van der Waals surface area contributed by atoms with E-state index in [-0.39, 0.29) is 4.47 Å². The number of nitrogens with one attached hydrogen (secondary N) is 1. The molecule has 0 aliphatic carbocycles. The zero-order chi connectivity index (χ0) is 17.4. The molecule has 0 bridgehead atoms. The van der Waals surface area contributed by atoms with Gasteiger partial charge in [-0.25, -0.2) is 25.6 Å². The summed E-state index contributed by atoms with van der Waals surface area (Å²) in [6.07, 6.45) is 0.857. The van der Waals surface area contributed by atoms with E-state index >= 15 is 0 Å². The summed E-state index contributed by atoms with van der Waals surface area (Å²) in [6.45, 7) is 0. The van der Waals surface area contributed by atoms with Crippen molar-refractivity contribution in [3.63, 3.8) is 0 Å². The minimum atomic E-state index is -4.41. The standard InChI is InChI=1S/C13H10BrF2NO4S2/c1-22(18,19)11-4-2-3-5-12(11)23(20,21)17-13-9(14)6-8(15)7-10(13)16/h2-7,17H,1H3. The number of hydrogen-bond donors (Lipinski definition) is 1. The van der Waals surface area contributed by atoms with Crippen molar-refractivity contribution < 1.29 is 25.6 Å². The average Bonchev–Trinajstić information content (AvgIpc) is 2.42. The molecule has 0 radical (unpaired) electrons. The fourth-order valence-corrected chi connectivity index (χ4v) is 5.17. The molecule has 2 rings (SSSR count). The first kappa shape index (κ1) is 17.8. The average molecular weight is 426 g/mol. The van der Waals surface area contributed by atoms with Crippen LogP contribution >= 0.6 is 15.9 Å². The van der Waals surface area contributed by atoms with Crippen LogP contribution in [0.15, 0.2) is 50.7 Å². The molecular formula is C13H10BrF2NO4S2. The summed E-state index contributed by atoms with van der Waals surface area (Å²) < 4.78 is 76.8. The monoisotopic (exact) mass is 425 g/mol. The van der Waals surface area contributed by atoms with Gasteiger partial charge in [-0.3, -0.25) is 4.72 Å². The van der Waals surface area contributed by atoms with E-state index in [0.29, 0.717) is 6.07 Å². The van der Waals surface area contributed by atoms with Crippen molar-refractivity contribution in [2.45, 2.75) is 9.79 Å². The smallest absolute Gasteiger partial charge is 0.263 e. The van der Waals surface area contributed by atoms with Crippen molar-refractivity contribution in [3.8, 4) is 0 Å². The van der Waals surface area contributed by atoms with Gasteiger partial charge in [0, 0.05) is 16.8 Å². The van der Waals surface area contributed by atoms with Gasteiger partial charge in [-0.05, 0) is 34.1 Å². The maximum Gasteiger partial charge on any atom is 0.263 e. The lowest BCUT2D eigenvalue weighted by Crippen LogP contribution is -2.17. The maximum absolute atomic E-state index is 13.8. The Morgan fingerprint density at radius 3 is 2.09 bits per heavy atom. The van der Waals surface area contributed by atoms with Gasteiger partial charge in [0.1, 0.15) is 10.7 Å². The van der Waals surface area contributed by atoms with E-state index in [1.54, 1.807) is 0 Å². The predicted molar refractivity (Wildman–Crippen MR) is 84.4 cm³/mol. The molecule has 23 heavy (non-hydrogen) atoms. The van der Waals surface area contributed by atoms with Crippen molar-refractivity contribution in [1.29, 1.82) is 0 Å². The molecule has 0 atom stereocenters. The van der Waals surface area contributed by atoms with Crippen LogP contribution in [0.2, 0.25) is 0 Å². The van der Waals surface area contributed by atoms with E-state index in [4.69, 9.17) is 0 Å². The molecule has 0 spiro atoms. The number of sulfonamides is 1. The van der Waals surface area contributed by atoms with Crippen LogP contribution in [-0.2, 0) is 19.9 Å². The van der Waals surface area contributed by atoms with Gasteiger partial charge >= 0.3 is 0 Å². The molecule has 1 N–H and O–H groups in total. The Bertz CT molecular complexity index is 952. The van der Waals surface area contributed by atoms with Crippen LogP contribution in [0.3, 0.4) is 0 Å². The summed E-state index contributed by atoms with van der Waals surface area (Å²) in [4.78, 5) is -0.954. The molecule has 10 heteroatoms. The van der Waals surface area contributed by atoms with E-state index < -0.39 is 47.0 Å².